The van der Waals surface area contributed by atoms with Crippen LogP contribution in [0, 0.1) is 0 Å². The average molecular weight is 571 g/mol. The third-order valence-corrected chi connectivity index (χ3v) is 9.52. The molecule has 1 atom stereocenters. The highest BCUT2D eigenvalue weighted by Gasteiger charge is 2.22. The van der Waals surface area contributed by atoms with E-state index in [0.717, 1.165) is 12.8 Å². The number of phosphoric ester groups is 1. The van der Waals surface area contributed by atoms with Crippen molar-refractivity contribution in [1.29, 1.82) is 0 Å². The molecule has 0 amide bonds. The lowest BCUT2D eigenvalue weighted by Gasteiger charge is -2.24. The summed E-state index contributed by atoms with van der Waals surface area (Å²) in [6.07, 6.45) is 23.3. The van der Waals surface area contributed by atoms with Gasteiger partial charge in [-0.05, 0) is 12.8 Å². The van der Waals surface area contributed by atoms with Crippen molar-refractivity contribution in [2.45, 2.75) is 129 Å². The standard InChI is InChI=1S/C28H60NO6PS/c1-5-6-7-8-9-10-11-12-13-14-15-16-17-18-19-20-21-22-27-37(32,33)28-23-25-34-36(30,31)35-26-24-29(2,3)4/h5-28H2,1-4H3/p+1. The molecule has 224 valence electrons. The van der Waals surface area contributed by atoms with Crippen LogP contribution < -0.4 is 0 Å². The Kier molecular flexibility index (Phi) is 22.8. The molecule has 0 rings (SSSR count). The maximum atomic E-state index is 12.2. The second kappa shape index (κ2) is 22.8. The molecule has 0 aromatic rings. The van der Waals surface area contributed by atoms with Crippen LogP contribution in [0.25, 0.3) is 0 Å². The molecule has 0 heterocycles. The van der Waals surface area contributed by atoms with Crippen molar-refractivity contribution in [3.63, 3.8) is 0 Å². The van der Waals surface area contributed by atoms with Gasteiger partial charge in [0.05, 0.1) is 39.3 Å². The highest BCUT2D eigenvalue weighted by atomic mass is 32.2. The first-order valence-corrected chi connectivity index (χ1v) is 18.4. The van der Waals surface area contributed by atoms with Crippen molar-refractivity contribution in [2.75, 3.05) is 52.4 Å². The molecule has 0 aromatic carbocycles. The van der Waals surface area contributed by atoms with Crippen LogP contribution in [0.1, 0.15) is 129 Å². The summed E-state index contributed by atoms with van der Waals surface area (Å²) in [6.45, 7) is 2.85. The average Bonchev–Trinajstić information content (AvgIpc) is 2.80. The third kappa shape index (κ3) is 28.8. The van der Waals surface area contributed by atoms with E-state index in [1.54, 1.807) is 0 Å². The number of likely N-dealkylation sites (N-methyl/N-ethyl adjacent to an activating group) is 1. The highest BCUT2D eigenvalue weighted by molar-refractivity contribution is 7.91. The van der Waals surface area contributed by atoms with Crippen molar-refractivity contribution >= 4 is 17.7 Å². The van der Waals surface area contributed by atoms with Crippen LogP contribution in [0.15, 0.2) is 0 Å². The van der Waals surface area contributed by atoms with Crippen molar-refractivity contribution in [3.8, 4) is 0 Å². The van der Waals surface area contributed by atoms with Crippen LogP contribution in [0.4, 0.5) is 0 Å². The van der Waals surface area contributed by atoms with Gasteiger partial charge in [0.2, 0.25) is 0 Å². The fraction of sp³-hybridized carbons (Fsp3) is 1.00. The van der Waals surface area contributed by atoms with Gasteiger partial charge in [-0.3, -0.25) is 9.05 Å². The SMILES string of the molecule is CCCCCCCCCCCCCCCCCCCCS(=O)(=O)CCCOP(=O)(O)OCC[N+](C)(C)C. The number of hydrogen-bond acceptors (Lipinski definition) is 5. The molecular formula is C28H61NO6PS+. The van der Waals surface area contributed by atoms with Crippen molar-refractivity contribution in [1.82, 2.24) is 0 Å². The Balaban J connectivity index is 3.50. The van der Waals surface area contributed by atoms with Crippen LogP contribution in [-0.4, -0.2) is 70.2 Å². The van der Waals surface area contributed by atoms with E-state index < -0.39 is 17.7 Å². The number of rotatable bonds is 28. The summed E-state index contributed by atoms with van der Waals surface area (Å²) >= 11 is 0. The molecule has 0 aliphatic heterocycles. The van der Waals surface area contributed by atoms with Gasteiger partial charge in [-0.2, -0.15) is 0 Å². The molecule has 37 heavy (non-hydrogen) atoms. The fourth-order valence-corrected chi connectivity index (χ4v) is 6.40. The van der Waals surface area contributed by atoms with E-state index in [2.05, 4.69) is 6.92 Å². The summed E-state index contributed by atoms with van der Waals surface area (Å²) in [5.41, 5.74) is 0. The van der Waals surface area contributed by atoms with Crippen LogP contribution in [0.3, 0.4) is 0 Å². The number of quaternary nitrogens is 1. The van der Waals surface area contributed by atoms with Gasteiger partial charge in [0, 0.05) is 0 Å². The molecule has 9 heteroatoms. The second-order valence-corrected chi connectivity index (χ2v) is 15.4. The summed E-state index contributed by atoms with van der Waals surface area (Å²) in [5.74, 6) is 0.160. The van der Waals surface area contributed by atoms with Crippen molar-refractivity contribution in [3.05, 3.63) is 0 Å². The van der Waals surface area contributed by atoms with Gasteiger partial charge >= 0.3 is 7.82 Å². The minimum atomic E-state index is -4.12. The molecule has 1 N–H and O–H groups in total. The molecule has 0 fully saturated rings. The molecule has 1 unspecified atom stereocenters. The monoisotopic (exact) mass is 570 g/mol. The molecule has 0 saturated heterocycles. The van der Waals surface area contributed by atoms with E-state index in [0.29, 0.717) is 17.4 Å². The number of phosphoric acid groups is 1. The third-order valence-electron chi connectivity index (χ3n) is 6.68. The Morgan fingerprint density at radius 1 is 0.595 bits per heavy atom. The van der Waals surface area contributed by atoms with Crippen LogP contribution in [0.2, 0.25) is 0 Å². The minimum absolute atomic E-state index is 0.0230. The fourth-order valence-electron chi connectivity index (χ4n) is 4.25. The zero-order chi connectivity index (χ0) is 27.9. The van der Waals surface area contributed by atoms with E-state index in [4.69, 9.17) is 9.05 Å². The van der Waals surface area contributed by atoms with Crippen molar-refractivity contribution < 1.29 is 31.4 Å². The quantitative estimate of drug-likeness (QED) is 0.0590. The smallest absolute Gasteiger partial charge is 0.329 e. The van der Waals surface area contributed by atoms with E-state index in [1.165, 1.54) is 96.3 Å². The Morgan fingerprint density at radius 3 is 1.35 bits per heavy atom. The largest absolute Gasteiger partial charge is 0.472 e. The zero-order valence-electron chi connectivity index (χ0n) is 24.8. The number of nitrogens with zero attached hydrogens (tertiary/aromatic N) is 1. The zero-order valence-corrected chi connectivity index (χ0v) is 26.5. The van der Waals surface area contributed by atoms with E-state index in [1.807, 2.05) is 21.1 Å². The van der Waals surface area contributed by atoms with E-state index >= 15 is 0 Å². The lowest BCUT2D eigenvalue weighted by Crippen LogP contribution is -2.37. The van der Waals surface area contributed by atoms with Crippen LogP contribution in [-0.2, 0) is 23.4 Å². The van der Waals surface area contributed by atoms with Gasteiger partial charge < -0.3 is 9.38 Å². The number of sulfone groups is 1. The molecule has 0 radical (unpaired) electrons. The molecule has 0 spiro atoms. The van der Waals surface area contributed by atoms with Gasteiger partial charge in [-0.15, -0.1) is 0 Å². The molecule has 7 nitrogen and oxygen atoms in total. The summed E-state index contributed by atoms with van der Waals surface area (Å²) in [4.78, 5) is 9.67. The Labute approximate surface area is 230 Å². The summed E-state index contributed by atoms with van der Waals surface area (Å²) < 4.78 is 46.6. The normalized spacial score (nSPS) is 14.2. The molecule has 0 aliphatic carbocycles. The topological polar surface area (TPSA) is 89.9 Å². The minimum Gasteiger partial charge on any atom is -0.329 e. The van der Waals surface area contributed by atoms with Crippen molar-refractivity contribution in [2.24, 2.45) is 0 Å². The van der Waals surface area contributed by atoms with Crippen LogP contribution >= 0.6 is 7.82 Å². The molecule has 0 saturated carbocycles. The number of unbranched alkanes of at least 4 members (excludes halogenated alkanes) is 17. The summed E-state index contributed by atoms with van der Waals surface area (Å²) in [5, 5.41) is 0. The molecule has 0 aromatic heterocycles. The van der Waals surface area contributed by atoms with Crippen LogP contribution in [0.5, 0.6) is 0 Å². The second-order valence-electron chi connectivity index (χ2n) is 11.7. The first kappa shape index (κ1) is 37.0. The number of hydrogen-bond donors (Lipinski definition) is 1. The van der Waals surface area contributed by atoms with E-state index in [9.17, 15) is 17.9 Å². The van der Waals surface area contributed by atoms with Gasteiger partial charge in [0.1, 0.15) is 23.0 Å². The predicted octanol–water partition coefficient (Wildman–Crippen LogP) is 7.67. The first-order valence-electron chi connectivity index (χ1n) is 15.1. The maximum Gasteiger partial charge on any atom is 0.472 e. The van der Waals surface area contributed by atoms with E-state index in [-0.39, 0.29) is 31.1 Å². The molecule has 0 bridgehead atoms. The maximum absolute atomic E-state index is 12.2. The lowest BCUT2D eigenvalue weighted by atomic mass is 10.0. The first-order chi connectivity index (χ1) is 17.5. The lowest BCUT2D eigenvalue weighted by molar-refractivity contribution is -0.870. The Bertz CT molecular complexity index is 666. The van der Waals surface area contributed by atoms with Gasteiger partial charge in [-0.25, -0.2) is 13.0 Å². The highest BCUT2D eigenvalue weighted by Crippen LogP contribution is 2.43. The Hall–Kier alpha value is 0.0200. The summed E-state index contributed by atoms with van der Waals surface area (Å²) in [6, 6.07) is 0. The van der Waals surface area contributed by atoms with Gasteiger partial charge in [0.25, 0.3) is 0 Å². The molecular weight excluding hydrogens is 509 g/mol. The molecule has 0 aliphatic rings. The Morgan fingerprint density at radius 2 is 0.946 bits per heavy atom. The predicted molar refractivity (Wildman–Crippen MR) is 157 cm³/mol. The van der Waals surface area contributed by atoms with Gasteiger partial charge in [0.15, 0.2) is 0 Å². The van der Waals surface area contributed by atoms with Gasteiger partial charge in [-0.1, -0.05) is 116 Å². The summed E-state index contributed by atoms with van der Waals surface area (Å²) in [7, 11) is -1.41.